The van der Waals surface area contributed by atoms with E-state index in [0.717, 1.165) is 19.3 Å². The lowest BCUT2D eigenvalue weighted by Crippen LogP contribution is -2.33. The zero-order valence-electron chi connectivity index (χ0n) is 9.84. The zero-order chi connectivity index (χ0) is 13.2. The fraction of sp³-hybridized carbons (Fsp3) is 0.600. The summed E-state index contributed by atoms with van der Waals surface area (Å²) in [6.07, 6.45) is 7.28. The second kappa shape index (κ2) is 5.73. The summed E-state index contributed by atoms with van der Waals surface area (Å²) in [5.74, 6) is 0. The van der Waals surface area contributed by atoms with Crippen molar-refractivity contribution < 1.29 is 8.42 Å². The molecule has 1 aliphatic rings. The Labute approximate surface area is 116 Å². The Morgan fingerprint density at radius 2 is 2.06 bits per heavy atom. The van der Waals surface area contributed by atoms with Gasteiger partial charge in [0.2, 0.25) is 15.3 Å². The number of nitrogens with one attached hydrogen (secondary N) is 1. The highest BCUT2D eigenvalue weighted by molar-refractivity contribution is 7.99. The summed E-state index contributed by atoms with van der Waals surface area (Å²) in [7, 11) is -3.54. The summed E-state index contributed by atoms with van der Waals surface area (Å²) in [5.41, 5.74) is 0. The number of thioether (sulfide) groups is 1. The summed E-state index contributed by atoms with van der Waals surface area (Å²) >= 11 is 7.31. The minimum atomic E-state index is -3.54. The first-order chi connectivity index (χ1) is 8.51. The molecule has 1 N–H and O–H groups in total. The molecule has 0 aromatic carbocycles. The SMILES string of the molecule is CSC1CCC(NS(=O)(=O)c2cnc(Cl)nc2)C1. The lowest BCUT2D eigenvalue weighted by molar-refractivity contribution is 0.552. The van der Waals surface area contributed by atoms with E-state index in [-0.39, 0.29) is 16.2 Å². The first-order valence-electron chi connectivity index (χ1n) is 5.54. The number of halogens is 1. The Morgan fingerprint density at radius 1 is 1.39 bits per heavy atom. The minimum Gasteiger partial charge on any atom is -0.225 e. The predicted molar refractivity (Wildman–Crippen MR) is 72.3 cm³/mol. The molecule has 8 heteroatoms. The number of hydrogen-bond donors (Lipinski definition) is 1. The van der Waals surface area contributed by atoms with Crippen LogP contribution in [0.1, 0.15) is 19.3 Å². The van der Waals surface area contributed by atoms with Gasteiger partial charge in [-0.05, 0) is 37.1 Å². The van der Waals surface area contributed by atoms with Gasteiger partial charge in [0.15, 0.2) is 0 Å². The number of aromatic nitrogens is 2. The minimum absolute atomic E-state index is 0.00290. The summed E-state index contributed by atoms with van der Waals surface area (Å²) < 4.78 is 26.8. The summed E-state index contributed by atoms with van der Waals surface area (Å²) in [6.45, 7) is 0. The van der Waals surface area contributed by atoms with E-state index in [1.54, 1.807) is 11.8 Å². The van der Waals surface area contributed by atoms with Crippen molar-refractivity contribution >= 4 is 33.4 Å². The molecule has 0 radical (unpaired) electrons. The third-order valence-electron chi connectivity index (χ3n) is 2.95. The smallest absolute Gasteiger partial charge is 0.225 e. The molecule has 1 saturated carbocycles. The Hall–Kier alpha value is -0.370. The van der Waals surface area contributed by atoms with Crippen LogP contribution in [0.3, 0.4) is 0 Å². The highest BCUT2D eigenvalue weighted by atomic mass is 35.5. The van der Waals surface area contributed by atoms with Gasteiger partial charge in [-0.2, -0.15) is 11.8 Å². The first-order valence-corrected chi connectivity index (χ1v) is 8.69. The van der Waals surface area contributed by atoms with Gasteiger partial charge in [0.25, 0.3) is 0 Å². The second-order valence-electron chi connectivity index (χ2n) is 4.18. The third kappa shape index (κ3) is 3.34. The number of sulfonamides is 1. The summed E-state index contributed by atoms with van der Waals surface area (Å²) in [6, 6.07) is 0.00290. The molecule has 18 heavy (non-hydrogen) atoms. The maximum Gasteiger partial charge on any atom is 0.243 e. The lowest BCUT2D eigenvalue weighted by Gasteiger charge is -2.12. The topological polar surface area (TPSA) is 72.0 Å². The fourth-order valence-corrected chi connectivity index (χ4v) is 4.05. The molecule has 2 unspecified atom stereocenters. The molecule has 1 aliphatic carbocycles. The lowest BCUT2D eigenvalue weighted by atomic mass is 10.3. The van der Waals surface area contributed by atoms with E-state index in [2.05, 4.69) is 20.9 Å². The van der Waals surface area contributed by atoms with Gasteiger partial charge in [-0.25, -0.2) is 23.1 Å². The molecule has 2 atom stereocenters. The molecule has 1 heterocycles. The zero-order valence-corrected chi connectivity index (χ0v) is 12.2. The van der Waals surface area contributed by atoms with Crippen LogP contribution in [-0.2, 0) is 10.0 Å². The maximum atomic E-state index is 12.1. The molecule has 0 aliphatic heterocycles. The number of nitrogens with zero attached hydrogens (tertiary/aromatic N) is 2. The van der Waals surface area contributed by atoms with E-state index in [0.29, 0.717) is 5.25 Å². The van der Waals surface area contributed by atoms with Crippen LogP contribution in [0.5, 0.6) is 0 Å². The van der Waals surface area contributed by atoms with Gasteiger partial charge < -0.3 is 0 Å². The van der Waals surface area contributed by atoms with Gasteiger partial charge in [-0.1, -0.05) is 0 Å². The number of rotatable bonds is 4. The molecule has 100 valence electrons. The molecule has 0 saturated heterocycles. The van der Waals surface area contributed by atoms with Crippen molar-refractivity contribution in [3.05, 3.63) is 17.7 Å². The first kappa shape index (κ1) is 14.0. The molecule has 0 spiro atoms. The van der Waals surface area contributed by atoms with Crippen LogP contribution >= 0.6 is 23.4 Å². The predicted octanol–water partition coefficient (Wildman–Crippen LogP) is 1.69. The van der Waals surface area contributed by atoms with Crippen LogP contribution in [0.25, 0.3) is 0 Å². The van der Waals surface area contributed by atoms with Crippen LogP contribution in [0.15, 0.2) is 17.3 Å². The van der Waals surface area contributed by atoms with Crippen molar-refractivity contribution in [2.45, 2.75) is 35.4 Å². The van der Waals surface area contributed by atoms with E-state index in [4.69, 9.17) is 11.6 Å². The maximum absolute atomic E-state index is 12.1. The number of hydrogen-bond acceptors (Lipinski definition) is 5. The molecular formula is C10H14ClN3O2S2. The van der Waals surface area contributed by atoms with Crippen molar-refractivity contribution in [2.24, 2.45) is 0 Å². The molecule has 5 nitrogen and oxygen atoms in total. The normalized spacial score (nSPS) is 24.3. The van der Waals surface area contributed by atoms with Crippen molar-refractivity contribution in [1.82, 2.24) is 14.7 Å². The molecule has 1 aromatic rings. The molecular weight excluding hydrogens is 294 g/mol. The molecule has 0 bridgehead atoms. The van der Waals surface area contributed by atoms with Crippen molar-refractivity contribution in [3.63, 3.8) is 0 Å². The Kier molecular flexibility index (Phi) is 4.47. The second-order valence-corrected chi connectivity index (χ2v) is 7.37. The van der Waals surface area contributed by atoms with Crippen LogP contribution in [-0.4, -0.2) is 35.9 Å². The molecule has 2 rings (SSSR count). The van der Waals surface area contributed by atoms with Gasteiger partial charge >= 0.3 is 0 Å². The largest absolute Gasteiger partial charge is 0.243 e. The van der Waals surface area contributed by atoms with Gasteiger partial charge in [-0.3, -0.25) is 0 Å². The van der Waals surface area contributed by atoms with E-state index in [1.165, 1.54) is 12.4 Å². The summed E-state index contributed by atoms with van der Waals surface area (Å²) in [4.78, 5) is 7.42. The average molecular weight is 308 g/mol. The van der Waals surface area contributed by atoms with Crippen molar-refractivity contribution in [1.29, 1.82) is 0 Å². The van der Waals surface area contributed by atoms with E-state index >= 15 is 0 Å². The quantitative estimate of drug-likeness (QED) is 0.857. The van der Waals surface area contributed by atoms with E-state index in [9.17, 15) is 8.42 Å². The van der Waals surface area contributed by atoms with E-state index < -0.39 is 10.0 Å². The average Bonchev–Trinajstić information content (AvgIpc) is 2.76. The third-order valence-corrected chi connectivity index (χ3v) is 5.71. The van der Waals surface area contributed by atoms with Crippen molar-refractivity contribution in [3.8, 4) is 0 Å². The van der Waals surface area contributed by atoms with Gasteiger partial charge in [0.05, 0.1) is 12.4 Å². The Balaban J connectivity index is 2.06. The summed E-state index contributed by atoms with van der Waals surface area (Å²) in [5, 5.41) is 0.580. The molecule has 0 amide bonds. The van der Waals surface area contributed by atoms with Gasteiger partial charge in [0.1, 0.15) is 4.90 Å². The van der Waals surface area contributed by atoms with Crippen molar-refractivity contribution in [2.75, 3.05) is 6.26 Å². The van der Waals surface area contributed by atoms with Crippen LogP contribution < -0.4 is 4.72 Å². The highest BCUT2D eigenvalue weighted by Crippen LogP contribution is 2.29. The van der Waals surface area contributed by atoms with Gasteiger partial charge in [0, 0.05) is 11.3 Å². The van der Waals surface area contributed by atoms with Gasteiger partial charge in [-0.15, -0.1) is 0 Å². The highest BCUT2D eigenvalue weighted by Gasteiger charge is 2.28. The fourth-order valence-electron chi connectivity index (χ4n) is 1.99. The van der Waals surface area contributed by atoms with Crippen LogP contribution in [0, 0.1) is 0 Å². The monoisotopic (exact) mass is 307 g/mol. The van der Waals surface area contributed by atoms with Crippen LogP contribution in [0.2, 0.25) is 5.28 Å². The Morgan fingerprint density at radius 3 is 2.61 bits per heavy atom. The van der Waals surface area contributed by atoms with E-state index in [1.807, 2.05) is 0 Å². The molecule has 1 aromatic heterocycles. The van der Waals surface area contributed by atoms with Crippen LogP contribution in [0.4, 0.5) is 0 Å². The Bertz CT molecular complexity index is 506. The standard InChI is InChI=1S/C10H14ClN3O2S2/c1-17-8-3-2-7(4-8)14-18(15,16)9-5-12-10(11)13-6-9/h5-8,14H,2-4H2,1H3. The molecule has 1 fully saturated rings.